The van der Waals surface area contributed by atoms with Crippen LogP contribution in [0.4, 0.5) is 10.9 Å². The van der Waals surface area contributed by atoms with Crippen LogP contribution in [0.3, 0.4) is 0 Å². The third-order valence-corrected chi connectivity index (χ3v) is 4.88. The molecule has 0 radical (unpaired) electrons. The Morgan fingerprint density at radius 2 is 2.04 bits per heavy atom. The van der Waals surface area contributed by atoms with Gasteiger partial charge in [0.25, 0.3) is 0 Å². The molecule has 0 aliphatic carbocycles. The Morgan fingerprint density at radius 3 is 2.69 bits per heavy atom. The van der Waals surface area contributed by atoms with Gasteiger partial charge in [0.1, 0.15) is 10.8 Å². The fourth-order valence-corrected chi connectivity index (χ4v) is 3.08. The summed E-state index contributed by atoms with van der Waals surface area (Å²) in [5.41, 5.74) is 8.87. The Morgan fingerprint density at radius 1 is 1.23 bits per heavy atom. The molecule has 0 saturated heterocycles. The Kier molecular flexibility index (Phi) is 4.94. The minimum atomic E-state index is -0.0287. The molecule has 0 aliphatic rings. The topological polar surface area (TPSA) is 102 Å². The first-order valence-electron chi connectivity index (χ1n) is 8.13. The van der Waals surface area contributed by atoms with Gasteiger partial charge in [-0.2, -0.15) is 0 Å². The van der Waals surface area contributed by atoms with Crippen molar-refractivity contribution in [3.05, 3.63) is 41.2 Å². The summed E-state index contributed by atoms with van der Waals surface area (Å²) in [7, 11) is 1.70. The van der Waals surface area contributed by atoms with Gasteiger partial charge in [-0.05, 0) is 18.2 Å². The van der Waals surface area contributed by atoms with Gasteiger partial charge in [0, 0.05) is 42.2 Å². The number of hydrogen-bond donors (Lipinski definition) is 2. The largest absolute Gasteiger partial charge is 0.404 e. The van der Waals surface area contributed by atoms with Crippen LogP contribution in [0.15, 0.2) is 35.6 Å². The predicted octanol–water partition coefficient (Wildman–Crippen LogP) is 3.52. The van der Waals surface area contributed by atoms with Gasteiger partial charge in [-0.1, -0.05) is 32.1 Å². The van der Waals surface area contributed by atoms with E-state index < -0.39 is 0 Å². The second-order valence-corrected chi connectivity index (χ2v) is 7.73. The van der Waals surface area contributed by atoms with Gasteiger partial charge in [0.05, 0.1) is 11.0 Å². The van der Waals surface area contributed by atoms with Crippen LogP contribution in [0.5, 0.6) is 0 Å². The highest BCUT2D eigenvalue weighted by molar-refractivity contribution is 7.15. The molecule has 0 bridgehead atoms. The molecule has 0 fully saturated rings. The lowest BCUT2D eigenvalue weighted by molar-refractivity contribution is 0.578. The van der Waals surface area contributed by atoms with E-state index in [9.17, 15) is 0 Å². The molecule has 8 heteroatoms. The van der Waals surface area contributed by atoms with E-state index in [-0.39, 0.29) is 5.41 Å². The molecule has 0 saturated carbocycles. The van der Waals surface area contributed by atoms with Crippen LogP contribution in [0.1, 0.15) is 31.3 Å². The van der Waals surface area contributed by atoms with Crippen LogP contribution in [0, 0.1) is 0 Å². The summed E-state index contributed by atoms with van der Waals surface area (Å²) in [6.07, 6.45) is 4.96. The summed E-state index contributed by atoms with van der Waals surface area (Å²) in [6.45, 7) is 6.34. The van der Waals surface area contributed by atoms with Gasteiger partial charge < -0.3 is 11.1 Å². The number of pyridine rings is 2. The molecule has 3 heterocycles. The van der Waals surface area contributed by atoms with Crippen molar-refractivity contribution >= 4 is 45.1 Å². The molecular weight excluding hydrogens is 346 g/mol. The molecule has 3 N–H and O–H groups in total. The second-order valence-electron chi connectivity index (χ2n) is 6.76. The molecular formula is C18H21N7S. The van der Waals surface area contributed by atoms with Crippen molar-refractivity contribution in [2.75, 3.05) is 12.4 Å². The van der Waals surface area contributed by atoms with E-state index in [1.54, 1.807) is 19.5 Å². The first-order valence-corrected chi connectivity index (χ1v) is 8.94. The molecule has 134 valence electrons. The van der Waals surface area contributed by atoms with Gasteiger partial charge in [-0.3, -0.25) is 9.98 Å². The van der Waals surface area contributed by atoms with Gasteiger partial charge in [0.15, 0.2) is 0 Å². The SMILES string of the molecule is CN=CC(=CN)c1cnc2ccc(Nc3nnc(C(C)(C)C)s3)nc2c1. The zero-order chi connectivity index (χ0) is 18.7. The third-order valence-electron chi connectivity index (χ3n) is 3.62. The van der Waals surface area contributed by atoms with Crippen molar-refractivity contribution in [2.24, 2.45) is 10.7 Å². The smallest absolute Gasteiger partial charge is 0.211 e. The maximum atomic E-state index is 5.68. The van der Waals surface area contributed by atoms with Crippen molar-refractivity contribution in [1.29, 1.82) is 0 Å². The molecule has 3 rings (SSSR count). The van der Waals surface area contributed by atoms with Crippen LogP contribution >= 0.6 is 11.3 Å². The van der Waals surface area contributed by atoms with Crippen molar-refractivity contribution < 1.29 is 0 Å². The van der Waals surface area contributed by atoms with Crippen LogP contribution in [0.25, 0.3) is 16.6 Å². The van der Waals surface area contributed by atoms with Gasteiger partial charge in [-0.15, -0.1) is 10.2 Å². The number of aromatic nitrogens is 4. The molecule has 0 aromatic carbocycles. The number of rotatable bonds is 4. The van der Waals surface area contributed by atoms with Crippen LogP contribution in [-0.4, -0.2) is 33.4 Å². The number of aliphatic imine (C=N–C) groups is 1. The summed E-state index contributed by atoms with van der Waals surface area (Å²) < 4.78 is 0. The number of fused-ring (bicyclic) bond motifs is 1. The first kappa shape index (κ1) is 17.9. The maximum absolute atomic E-state index is 5.68. The summed E-state index contributed by atoms with van der Waals surface area (Å²) in [6, 6.07) is 5.73. The summed E-state index contributed by atoms with van der Waals surface area (Å²) in [5, 5.41) is 13.3. The summed E-state index contributed by atoms with van der Waals surface area (Å²) in [4.78, 5) is 13.1. The number of nitrogens with one attached hydrogen (secondary N) is 1. The highest BCUT2D eigenvalue weighted by atomic mass is 32.1. The van der Waals surface area contributed by atoms with Crippen molar-refractivity contribution in [3.8, 4) is 0 Å². The number of hydrogen-bond acceptors (Lipinski definition) is 8. The lowest BCUT2D eigenvalue weighted by atomic mass is 9.98. The van der Waals surface area contributed by atoms with E-state index >= 15 is 0 Å². The monoisotopic (exact) mass is 367 g/mol. The molecule has 3 aromatic rings. The van der Waals surface area contributed by atoms with Crippen LogP contribution in [-0.2, 0) is 5.41 Å². The fraction of sp³-hybridized carbons (Fsp3) is 0.278. The van der Waals surface area contributed by atoms with Crippen LogP contribution < -0.4 is 11.1 Å². The van der Waals surface area contributed by atoms with Crippen molar-refractivity contribution in [1.82, 2.24) is 20.2 Å². The van der Waals surface area contributed by atoms with E-state index in [4.69, 9.17) is 5.73 Å². The highest BCUT2D eigenvalue weighted by Crippen LogP contribution is 2.29. The Bertz CT molecular complexity index is 983. The minimum Gasteiger partial charge on any atom is -0.404 e. The molecule has 0 aliphatic heterocycles. The van der Waals surface area contributed by atoms with E-state index in [0.29, 0.717) is 10.9 Å². The van der Waals surface area contributed by atoms with Gasteiger partial charge in [-0.25, -0.2) is 4.98 Å². The number of nitrogens with two attached hydrogens (primary N) is 1. The third kappa shape index (κ3) is 3.85. The normalized spacial score (nSPS) is 12.8. The fourth-order valence-electron chi connectivity index (χ4n) is 2.27. The van der Waals surface area contributed by atoms with Crippen molar-refractivity contribution in [2.45, 2.75) is 26.2 Å². The molecule has 26 heavy (non-hydrogen) atoms. The predicted molar refractivity (Wildman–Crippen MR) is 108 cm³/mol. The molecule has 0 unspecified atom stereocenters. The standard InChI is InChI=1S/C18H21N7S/c1-18(2,3)16-24-25-17(26-16)23-15-6-5-13-14(22-15)7-11(10-21-13)12(8-19)9-20-4/h5-10H,19H2,1-4H3,(H,22,23,25). The minimum absolute atomic E-state index is 0.0287. The highest BCUT2D eigenvalue weighted by Gasteiger charge is 2.19. The van der Waals surface area contributed by atoms with E-state index in [2.05, 4.69) is 51.2 Å². The molecule has 3 aromatic heterocycles. The zero-order valence-corrected chi connectivity index (χ0v) is 16.0. The number of nitrogens with zero attached hydrogens (tertiary/aromatic N) is 5. The van der Waals surface area contributed by atoms with E-state index in [1.165, 1.54) is 17.5 Å². The zero-order valence-electron chi connectivity index (χ0n) is 15.2. The second kappa shape index (κ2) is 7.17. The Labute approximate surface area is 156 Å². The lowest BCUT2D eigenvalue weighted by Crippen LogP contribution is -2.10. The number of allylic oxidation sites excluding steroid dienone is 1. The van der Waals surface area contributed by atoms with Crippen LogP contribution in [0.2, 0.25) is 0 Å². The molecule has 0 atom stereocenters. The van der Waals surface area contributed by atoms with E-state index in [0.717, 1.165) is 27.2 Å². The van der Waals surface area contributed by atoms with Gasteiger partial charge >= 0.3 is 0 Å². The lowest BCUT2D eigenvalue weighted by Gasteiger charge is -2.12. The molecule has 0 amide bonds. The number of anilines is 2. The Balaban J connectivity index is 1.91. The quantitative estimate of drug-likeness (QED) is 0.684. The molecule has 7 nitrogen and oxygen atoms in total. The van der Waals surface area contributed by atoms with Gasteiger partial charge in [0.2, 0.25) is 5.13 Å². The molecule has 0 spiro atoms. The maximum Gasteiger partial charge on any atom is 0.211 e. The average Bonchev–Trinajstić information content (AvgIpc) is 3.08. The summed E-state index contributed by atoms with van der Waals surface area (Å²) in [5.74, 6) is 0.690. The van der Waals surface area contributed by atoms with Crippen molar-refractivity contribution in [3.63, 3.8) is 0 Å². The average molecular weight is 367 g/mol. The van der Waals surface area contributed by atoms with E-state index in [1.807, 2.05) is 18.2 Å². The Hall–Kier alpha value is -2.87. The first-order chi connectivity index (χ1) is 12.4. The summed E-state index contributed by atoms with van der Waals surface area (Å²) >= 11 is 1.53.